The lowest BCUT2D eigenvalue weighted by molar-refractivity contribution is -0.118. The summed E-state index contributed by atoms with van der Waals surface area (Å²) in [7, 11) is 0. The topological polar surface area (TPSA) is 55.4 Å². The third kappa shape index (κ3) is 1.19. The molecular weight excluding hydrogens is 256 g/mol. The molecule has 4 rings (SSSR count). The van der Waals surface area contributed by atoms with Gasteiger partial charge in [-0.25, -0.2) is 0 Å². The van der Waals surface area contributed by atoms with Crippen LogP contribution in [-0.2, 0) is 9.54 Å². The van der Waals surface area contributed by atoms with Crippen LogP contribution in [0.3, 0.4) is 0 Å². The van der Waals surface area contributed by atoms with Crippen LogP contribution in [0.25, 0.3) is 11.1 Å². The van der Waals surface area contributed by atoms with Gasteiger partial charge < -0.3 is 5.73 Å². The largest absolute Gasteiger partial charge is 0.378 e. The maximum absolute atomic E-state index is 12.4. The Hall–Kier alpha value is -2.07. The molecule has 2 aromatic rings. The average molecular weight is 266 g/mol. The van der Waals surface area contributed by atoms with Gasteiger partial charge in [0.05, 0.1) is 0 Å². The van der Waals surface area contributed by atoms with E-state index in [0.29, 0.717) is 5.17 Å². The summed E-state index contributed by atoms with van der Waals surface area (Å²) in [5.74, 6) is -0.174. The Labute approximate surface area is 114 Å². The van der Waals surface area contributed by atoms with Gasteiger partial charge in [-0.1, -0.05) is 60.3 Å². The van der Waals surface area contributed by atoms with E-state index in [-0.39, 0.29) is 5.91 Å². The van der Waals surface area contributed by atoms with Gasteiger partial charge >= 0.3 is 0 Å². The lowest BCUT2D eigenvalue weighted by atomic mass is 9.95. The standard InChI is InChI=1S/C15H10N2OS/c16-14-17-13(18)15(19-14)11-7-3-1-5-9(11)10-6-2-4-8-12(10)15/h1-8H,(H2,16,17,18). The Morgan fingerprint density at radius 1 is 0.947 bits per heavy atom. The second kappa shape index (κ2) is 3.48. The van der Waals surface area contributed by atoms with Crippen LogP contribution >= 0.6 is 11.8 Å². The average Bonchev–Trinajstić information content (AvgIpc) is 2.89. The minimum absolute atomic E-state index is 0.174. The molecule has 0 aromatic heterocycles. The first-order valence-corrected chi connectivity index (χ1v) is 6.82. The molecule has 3 nitrogen and oxygen atoms in total. The van der Waals surface area contributed by atoms with Crippen molar-refractivity contribution >= 4 is 22.8 Å². The number of benzene rings is 2. The highest BCUT2D eigenvalue weighted by Gasteiger charge is 2.53. The third-order valence-corrected chi connectivity index (χ3v) is 4.89. The third-order valence-electron chi connectivity index (χ3n) is 3.67. The minimum Gasteiger partial charge on any atom is -0.378 e. The number of nitrogens with two attached hydrogens (primary N) is 1. The summed E-state index contributed by atoms with van der Waals surface area (Å²) >= 11 is 1.35. The number of thioether (sulfide) groups is 1. The summed E-state index contributed by atoms with van der Waals surface area (Å²) in [4.78, 5) is 16.4. The van der Waals surface area contributed by atoms with E-state index in [2.05, 4.69) is 4.99 Å². The lowest BCUT2D eigenvalue weighted by Crippen LogP contribution is -2.27. The number of nitrogens with zero attached hydrogens (tertiary/aromatic N) is 1. The minimum atomic E-state index is -0.767. The number of hydrogen-bond acceptors (Lipinski definition) is 3. The Morgan fingerprint density at radius 2 is 1.47 bits per heavy atom. The Kier molecular flexibility index (Phi) is 1.98. The fraction of sp³-hybridized carbons (Fsp3) is 0.0667. The van der Waals surface area contributed by atoms with E-state index in [0.717, 1.165) is 22.3 Å². The maximum Gasteiger partial charge on any atom is 0.273 e. The first-order chi connectivity index (χ1) is 9.23. The Bertz CT molecular complexity index is 706. The normalized spacial score (nSPS) is 18.3. The second-order valence-corrected chi connectivity index (χ2v) is 5.86. The molecule has 1 aliphatic carbocycles. The van der Waals surface area contributed by atoms with Gasteiger partial charge in [0, 0.05) is 0 Å². The van der Waals surface area contributed by atoms with Gasteiger partial charge in [0.15, 0.2) is 9.91 Å². The van der Waals surface area contributed by atoms with Crippen molar-refractivity contribution in [2.24, 2.45) is 10.7 Å². The van der Waals surface area contributed by atoms with Crippen LogP contribution in [0.5, 0.6) is 0 Å². The van der Waals surface area contributed by atoms with Crippen molar-refractivity contribution in [1.82, 2.24) is 0 Å². The fourth-order valence-electron chi connectivity index (χ4n) is 2.94. The van der Waals surface area contributed by atoms with Gasteiger partial charge in [-0.15, -0.1) is 0 Å². The van der Waals surface area contributed by atoms with Crippen molar-refractivity contribution in [3.63, 3.8) is 0 Å². The highest BCUT2D eigenvalue weighted by Crippen LogP contribution is 2.57. The van der Waals surface area contributed by atoms with Gasteiger partial charge in [-0.3, -0.25) is 4.79 Å². The number of rotatable bonds is 0. The van der Waals surface area contributed by atoms with Crippen LogP contribution in [0.2, 0.25) is 0 Å². The van der Waals surface area contributed by atoms with Crippen molar-refractivity contribution < 1.29 is 4.79 Å². The van der Waals surface area contributed by atoms with Crippen LogP contribution in [0, 0.1) is 0 Å². The van der Waals surface area contributed by atoms with E-state index in [9.17, 15) is 4.79 Å². The molecule has 1 aliphatic heterocycles. The molecule has 0 unspecified atom stereocenters. The van der Waals surface area contributed by atoms with Crippen molar-refractivity contribution in [2.45, 2.75) is 4.75 Å². The van der Waals surface area contributed by atoms with E-state index in [4.69, 9.17) is 5.73 Å². The molecule has 0 bridgehead atoms. The first-order valence-electron chi connectivity index (χ1n) is 6.00. The zero-order valence-corrected chi connectivity index (χ0v) is 10.8. The van der Waals surface area contributed by atoms with Crippen LogP contribution in [0.1, 0.15) is 11.1 Å². The van der Waals surface area contributed by atoms with Gasteiger partial charge in [-0.05, 0) is 22.3 Å². The second-order valence-electron chi connectivity index (χ2n) is 4.63. The zero-order valence-electron chi connectivity index (χ0n) is 9.96. The predicted molar refractivity (Wildman–Crippen MR) is 76.9 cm³/mol. The molecule has 0 atom stereocenters. The highest BCUT2D eigenvalue weighted by molar-refractivity contribution is 8.15. The van der Waals surface area contributed by atoms with Gasteiger partial charge in [0.2, 0.25) is 0 Å². The molecular formula is C15H10N2OS. The van der Waals surface area contributed by atoms with E-state index in [1.54, 1.807) is 0 Å². The molecule has 19 heavy (non-hydrogen) atoms. The van der Waals surface area contributed by atoms with Crippen molar-refractivity contribution in [2.75, 3.05) is 0 Å². The first kappa shape index (κ1) is 10.8. The number of fused-ring (bicyclic) bond motifs is 5. The molecule has 0 fully saturated rings. The highest BCUT2D eigenvalue weighted by atomic mass is 32.2. The summed E-state index contributed by atoms with van der Waals surface area (Å²) in [5, 5.41) is 0.344. The van der Waals surface area contributed by atoms with Crippen molar-refractivity contribution in [3.8, 4) is 11.1 Å². The molecule has 2 N–H and O–H groups in total. The fourth-order valence-corrected chi connectivity index (χ4v) is 4.09. The Balaban J connectivity index is 2.11. The summed E-state index contributed by atoms with van der Waals surface area (Å²) in [6.07, 6.45) is 0. The number of amidine groups is 1. The molecule has 0 saturated carbocycles. The number of hydrogen-bond donors (Lipinski definition) is 1. The summed E-state index contributed by atoms with van der Waals surface area (Å²) in [5.41, 5.74) is 9.98. The molecule has 2 aromatic carbocycles. The molecule has 2 aliphatic rings. The van der Waals surface area contributed by atoms with E-state index in [1.165, 1.54) is 11.8 Å². The monoisotopic (exact) mass is 266 g/mol. The SMILES string of the molecule is NC1=NC(=O)C2(S1)c1ccccc1-c1ccccc12. The van der Waals surface area contributed by atoms with Gasteiger partial charge in [0.25, 0.3) is 5.91 Å². The number of aliphatic imine (C=N–C) groups is 1. The molecule has 0 radical (unpaired) electrons. The quantitative estimate of drug-likeness (QED) is 0.797. The molecule has 1 spiro atoms. The predicted octanol–water partition coefficient (Wildman–Crippen LogP) is 2.50. The van der Waals surface area contributed by atoms with Crippen LogP contribution < -0.4 is 5.73 Å². The lowest BCUT2D eigenvalue weighted by Gasteiger charge is -2.21. The summed E-state index contributed by atoms with van der Waals surface area (Å²) in [6, 6.07) is 16.0. The molecule has 1 heterocycles. The van der Waals surface area contributed by atoms with Crippen molar-refractivity contribution in [3.05, 3.63) is 59.7 Å². The summed E-state index contributed by atoms with van der Waals surface area (Å²) < 4.78 is -0.767. The number of carbonyl (C=O) groups excluding carboxylic acids is 1. The number of carbonyl (C=O) groups is 1. The van der Waals surface area contributed by atoms with E-state index in [1.807, 2.05) is 48.5 Å². The van der Waals surface area contributed by atoms with Gasteiger partial charge in [-0.2, -0.15) is 4.99 Å². The van der Waals surface area contributed by atoms with E-state index < -0.39 is 4.75 Å². The molecule has 4 heteroatoms. The van der Waals surface area contributed by atoms with Crippen LogP contribution in [0.15, 0.2) is 53.5 Å². The zero-order chi connectivity index (χ0) is 13.0. The number of amides is 1. The van der Waals surface area contributed by atoms with Crippen molar-refractivity contribution in [1.29, 1.82) is 0 Å². The van der Waals surface area contributed by atoms with Gasteiger partial charge in [0.1, 0.15) is 0 Å². The summed E-state index contributed by atoms with van der Waals surface area (Å²) in [6.45, 7) is 0. The molecule has 1 amide bonds. The van der Waals surface area contributed by atoms with E-state index >= 15 is 0 Å². The van der Waals surface area contributed by atoms with Crippen LogP contribution in [-0.4, -0.2) is 11.1 Å². The van der Waals surface area contributed by atoms with Crippen LogP contribution in [0.4, 0.5) is 0 Å². The molecule has 0 saturated heterocycles. The molecule has 92 valence electrons. The maximum atomic E-state index is 12.4. The Morgan fingerprint density at radius 3 is 1.95 bits per heavy atom. The smallest absolute Gasteiger partial charge is 0.273 e.